The van der Waals surface area contributed by atoms with Gasteiger partial charge in [0.15, 0.2) is 5.76 Å². The quantitative estimate of drug-likeness (QED) is 0.899. The Bertz CT molecular complexity index is 695. The Morgan fingerprint density at radius 2 is 2.30 bits per heavy atom. The standard InChI is InChI=1S/C16H19N3O3S/c1-10-7-11(8-17)9-19(10)16(21)12-4-6-23-15(12)18-14(20)13-3-2-5-22-13/h2-6,10-11H,7-9,17H2,1H3,(H,18,20). The molecule has 2 amide bonds. The van der Waals surface area contributed by atoms with Gasteiger partial charge in [0.05, 0.1) is 11.8 Å². The topological polar surface area (TPSA) is 88.6 Å². The summed E-state index contributed by atoms with van der Waals surface area (Å²) in [6, 6.07) is 5.13. The van der Waals surface area contributed by atoms with Crippen LogP contribution in [0.2, 0.25) is 0 Å². The van der Waals surface area contributed by atoms with E-state index >= 15 is 0 Å². The number of nitrogens with zero attached hydrogens (tertiary/aromatic N) is 1. The molecule has 2 aromatic heterocycles. The van der Waals surface area contributed by atoms with E-state index in [0.29, 0.717) is 29.6 Å². The van der Waals surface area contributed by atoms with Crippen molar-refractivity contribution in [1.82, 2.24) is 4.90 Å². The summed E-state index contributed by atoms with van der Waals surface area (Å²) in [5, 5.41) is 5.09. The third-order valence-electron chi connectivity index (χ3n) is 4.12. The monoisotopic (exact) mass is 333 g/mol. The van der Waals surface area contributed by atoms with E-state index in [1.165, 1.54) is 17.6 Å². The van der Waals surface area contributed by atoms with Crippen molar-refractivity contribution in [2.45, 2.75) is 19.4 Å². The number of nitrogens with one attached hydrogen (secondary N) is 1. The molecule has 2 aromatic rings. The molecule has 0 aliphatic carbocycles. The average molecular weight is 333 g/mol. The Balaban J connectivity index is 1.75. The molecule has 0 spiro atoms. The van der Waals surface area contributed by atoms with Crippen LogP contribution in [0.25, 0.3) is 0 Å². The molecule has 2 unspecified atom stereocenters. The van der Waals surface area contributed by atoms with Gasteiger partial charge in [0.25, 0.3) is 11.8 Å². The number of nitrogens with two attached hydrogens (primary N) is 1. The number of anilines is 1. The van der Waals surface area contributed by atoms with Crippen LogP contribution in [0.4, 0.5) is 5.00 Å². The number of carbonyl (C=O) groups is 2. The first-order valence-corrected chi connectivity index (χ1v) is 8.41. The third-order valence-corrected chi connectivity index (χ3v) is 4.95. The smallest absolute Gasteiger partial charge is 0.291 e. The van der Waals surface area contributed by atoms with Gasteiger partial charge >= 0.3 is 0 Å². The van der Waals surface area contributed by atoms with Crippen molar-refractivity contribution in [3.8, 4) is 0 Å². The molecule has 3 heterocycles. The number of thiophene rings is 1. The maximum atomic E-state index is 12.8. The molecule has 1 aliphatic rings. The molecule has 122 valence electrons. The number of rotatable bonds is 4. The minimum atomic E-state index is -0.360. The Hall–Kier alpha value is -2.12. The van der Waals surface area contributed by atoms with Gasteiger partial charge in [-0.1, -0.05) is 0 Å². The summed E-state index contributed by atoms with van der Waals surface area (Å²) < 4.78 is 5.07. The van der Waals surface area contributed by atoms with Gasteiger partial charge in [0, 0.05) is 12.6 Å². The molecule has 0 saturated carbocycles. The lowest BCUT2D eigenvalue weighted by Crippen LogP contribution is -2.34. The maximum absolute atomic E-state index is 12.8. The number of likely N-dealkylation sites (tertiary alicyclic amines) is 1. The van der Waals surface area contributed by atoms with E-state index in [4.69, 9.17) is 10.2 Å². The zero-order valence-corrected chi connectivity index (χ0v) is 13.6. The highest BCUT2D eigenvalue weighted by molar-refractivity contribution is 7.14. The van der Waals surface area contributed by atoms with Gasteiger partial charge in [-0.3, -0.25) is 9.59 Å². The van der Waals surface area contributed by atoms with Gasteiger partial charge in [-0.2, -0.15) is 0 Å². The van der Waals surface area contributed by atoms with Gasteiger partial charge < -0.3 is 20.4 Å². The van der Waals surface area contributed by atoms with Gasteiger partial charge in [0.1, 0.15) is 5.00 Å². The van der Waals surface area contributed by atoms with Crippen molar-refractivity contribution in [3.63, 3.8) is 0 Å². The lowest BCUT2D eigenvalue weighted by atomic mass is 10.1. The lowest BCUT2D eigenvalue weighted by Gasteiger charge is -2.21. The average Bonchev–Trinajstić information content (AvgIpc) is 3.26. The number of amides is 2. The van der Waals surface area contributed by atoms with E-state index in [1.54, 1.807) is 23.6 Å². The molecule has 0 radical (unpaired) electrons. The molecule has 1 fully saturated rings. The van der Waals surface area contributed by atoms with Crippen LogP contribution in [-0.2, 0) is 0 Å². The molecule has 3 N–H and O–H groups in total. The van der Waals surface area contributed by atoms with Crippen LogP contribution in [0.5, 0.6) is 0 Å². The highest BCUT2D eigenvalue weighted by Gasteiger charge is 2.33. The normalized spacial score (nSPS) is 20.7. The zero-order chi connectivity index (χ0) is 16.4. The van der Waals surface area contributed by atoms with E-state index in [2.05, 4.69) is 5.32 Å². The van der Waals surface area contributed by atoms with Crippen LogP contribution in [0.1, 0.15) is 34.3 Å². The highest BCUT2D eigenvalue weighted by Crippen LogP contribution is 2.30. The zero-order valence-electron chi connectivity index (χ0n) is 12.8. The van der Waals surface area contributed by atoms with Crippen molar-refractivity contribution in [1.29, 1.82) is 0 Å². The number of furan rings is 1. The fourth-order valence-corrected chi connectivity index (χ4v) is 3.67. The van der Waals surface area contributed by atoms with E-state index in [0.717, 1.165) is 6.42 Å². The second kappa shape index (κ2) is 6.55. The fraction of sp³-hybridized carbons (Fsp3) is 0.375. The highest BCUT2D eigenvalue weighted by atomic mass is 32.1. The summed E-state index contributed by atoms with van der Waals surface area (Å²) >= 11 is 1.32. The summed E-state index contributed by atoms with van der Waals surface area (Å²) in [5.41, 5.74) is 6.24. The Morgan fingerprint density at radius 3 is 2.96 bits per heavy atom. The van der Waals surface area contributed by atoms with Crippen LogP contribution < -0.4 is 11.1 Å². The van der Waals surface area contributed by atoms with Crippen molar-refractivity contribution >= 4 is 28.2 Å². The minimum Gasteiger partial charge on any atom is -0.459 e. The first kappa shape index (κ1) is 15.8. The Morgan fingerprint density at radius 1 is 1.48 bits per heavy atom. The molecule has 0 bridgehead atoms. The van der Waals surface area contributed by atoms with Crippen molar-refractivity contribution in [2.75, 3.05) is 18.4 Å². The minimum absolute atomic E-state index is 0.0653. The van der Waals surface area contributed by atoms with Crippen molar-refractivity contribution in [2.24, 2.45) is 11.7 Å². The summed E-state index contributed by atoms with van der Waals surface area (Å²) in [6.07, 6.45) is 2.36. The van der Waals surface area contributed by atoms with Crippen molar-refractivity contribution < 1.29 is 14.0 Å². The van der Waals surface area contributed by atoms with E-state index in [-0.39, 0.29) is 23.6 Å². The fourth-order valence-electron chi connectivity index (χ4n) is 2.90. The molecular formula is C16H19N3O3S. The third kappa shape index (κ3) is 3.16. The first-order valence-electron chi connectivity index (χ1n) is 7.53. The van der Waals surface area contributed by atoms with E-state index < -0.39 is 0 Å². The Labute approximate surface area is 138 Å². The molecule has 1 saturated heterocycles. The molecule has 0 aromatic carbocycles. The van der Waals surface area contributed by atoms with Gasteiger partial charge in [-0.15, -0.1) is 11.3 Å². The van der Waals surface area contributed by atoms with Crippen LogP contribution in [0, 0.1) is 5.92 Å². The van der Waals surface area contributed by atoms with Crippen molar-refractivity contribution in [3.05, 3.63) is 41.2 Å². The SMILES string of the molecule is CC1CC(CN)CN1C(=O)c1ccsc1NC(=O)c1ccco1. The predicted molar refractivity (Wildman–Crippen MR) is 88.6 cm³/mol. The van der Waals surface area contributed by atoms with Crippen LogP contribution in [0.15, 0.2) is 34.3 Å². The van der Waals surface area contributed by atoms with Gasteiger partial charge in [-0.25, -0.2) is 0 Å². The molecule has 1 aliphatic heterocycles. The molecular weight excluding hydrogens is 314 g/mol. The molecule has 3 rings (SSSR count). The number of hydrogen-bond acceptors (Lipinski definition) is 5. The Kier molecular flexibility index (Phi) is 4.49. The number of carbonyl (C=O) groups excluding carboxylic acids is 2. The van der Waals surface area contributed by atoms with E-state index in [9.17, 15) is 9.59 Å². The van der Waals surface area contributed by atoms with Crippen LogP contribution in [-0.4, -0.2) is 35.8 Å². The lowest BCUT2D eigenvalue weighted by molar-refractivity contribution is 0.0745. The largest absolute Gasteiger partial charge is 0.459 e. The molecule has 2 atom stereocenters. The summed E-state index contributed by atoms with van der Waals surface area (Å²) in [4.78, 5) is 26.7. The summed E-state index contributed by atoms with van der Waals surface area (Å²) in [7, 11) is 0. The van der Waals surface area contributed by atoms with Gasteiger partial charge in [-0.05, 0) is 49.4 Å². The van der Waals surface area contributed by atoms with Crippen LogP contribution >= 0.6 is 11.3 Å². The van der Waals surface area contributed by atoms with Gasteiger partial charge in [0.2, 0.25) is 0 Å². The first-order chi connectivity index (χ1) is 11.1. The molecule has 6 nitrogen and oxygen atoms in total. The van der Waals surface area contributed by atoms with Crippen LogP contribution in [0.3, 0.4) is 0 Å². The molecule has 7 heteroatoms. The summed E-state index contributed by atoms with van der Waals surface area (Å²) in [6.45, 7) is 3.28. The summed E-state index contributed by atoms with van der Waals surface area (Å²) in [5.74, 6) is 0.133. The second-order valence-corrected chi connectivity index (χ2v) is 6.65. The second-order valence-electron chi connectivity index (χ2n) is 5.74. The predicted octanol–water partition coefficient (Wildman–Crippen LogP) is 2.40. The maximum Gasteiger partial charge on any atom is 0.291 e. The van der Waals surface area contributed by atoms with E-state index in [1.807, 2.05) is 11.8 Å². The number of hydrogen-bond donors (Lipinski definition) is 2. The molecule has 23 heavy (non-hydrogen) atoms.